The third-order valence-electron chi connectivity index (χ3n) is 4.83. The minimum Gasteiger partial charge on any atom is -0.444 e. The van der Waals surface area contributed by atoms with Crippen LogP contribution in [0.4, 0.5) is 4.79 Å². The highest BCUT2D eigenvalue weighted by Gasteiger charge is 2.30. The number of hydrogen-bond acceptors (Lipinski definition) is 5. The van der Waals surface area contributed by atoms with Crippen LogP contribution in [0.3, 0.4) is 0 Å². The van der Waals surface area contributed by atoms with Crippen LogP contribution < -0.4 is 16.0 Å². The second kappa shape index (κ2) is 14.2. The number of guanidine groups is 1. The third kappa shape index (κ3) is 11.8. The van der Waals surface area contributed by atoms with Crippen molar-refractivity contribution >= 4 is 36.0 Å². The first kappa shape index (κ1) is 28.2. The van der Waals surface area contributed by atoms with Gasteiger partial charge in [0.05, 0.1) is 25.3 Å². The molecule has 3 N–H and O–H groups in total. The minimum absolute atomic E-state index is 0. The van der Waals surface area contributed by atoms with Gasteiger partial charge in [-0.3, -0.25) is 9.89 Å². The standard InChI is InChI=1S/C20H41N5O3.HI/c1-7-20(8-2,24-18(26)28-19(4,5)6)16-23-17(21-9-3)22-10-11-25-12-14-27-15-13-25;/h7-16H2,1-6H3,(H,24,26)(H2,21,22,23);1H. The molecule has 1 heterocycles. The lowest BCUT2D eigenvalue weighted by Gasteiger charge is -2.33. The van der Waals surface area contributed by atoms with Gasteiger partial charge in [-0.15, -0.1) is 24.0 Å². The van der Waals surface area contributed by atoms with Crippen molar-refractivity contribution in [1.29, 1.82) is 0 Å². The molecule has 1 rings (SSSR count). The normalized spacial score (nSPS) is 16.0. The number of rotatable bonds is 9. The summed E-state index contributed by atoms with van der Waals surface area (Å²) in [7, 11) is 0. The van der Waals surface area contributed by atoms with E-state index >= 15 is 0 Å². The predicted molar refractivity (Wildman–Crippen MR) is 129 cm³/mol. The van der Waals surface area contributed by atoms with E-state index in [0.717, 1.165) is 64.7 Å². The van der Waals surface area contributed by atoms with Crippen LogP contribution in [0.1, 0.15) is 54.4 Å². The molecule has 1 amide bonds. The lowest BCUT2D eigenvalue weighted by atomic mass is 9.93. The van der Waals surface area contributed by atoms with Crippen molar-refractivity contribution < 1.29 is 14.3 Å². The van der Waals surface area contributed by atoms with Gasteiger partial charge in [-0.25, -0.2) is 4.79 Å². The number of amides is 1. The number of hydrogen-bond donors (Lipinski definition) is 3. The Morgan fingerprint density at radius 3 is 2.24 bits per heavy atom. The molecule has 172 valence electrons. The lowest BCUT2D eigenvalue weighted by molar-refractivity contribution is 0.0389. The van der Waals surface area contributed by atoms with Gasteiger partial charge in [0.2, 0.25) is 0 Å². The Balaban J connectivity index is 0.00000784. The molecule has 1 saturated heterocycles. The number of morpholine rings is 1. The molecule has 8 nitrogen and oxygen atoms in total. The summed E-state index contributed by atoms with van der Waals surface area (Å²) in [5.41, 5.74) is -0.939. The first-order valence-corrected chi connectivity index (χ1v) is 10.6. The molecule has 0 aliphatic carbocycles. The van der Waals surface area contributed by atoms with E-state index in [4.69, 9.17) is 14.5 Å². The van der Waals surface area contributed by atoms with Crippen molar-refractivity contribution in [1.82, 2.24) is 20.9 Å². The zero-order chi connectivity index (χ0) is 21.0. The molecule has 1 aliphatic rings. The van der Waals surface area contributed by atoms with E-state index in [2.05, 4.69) is 34.7 Å². The Hall–Kier alpha value is -0.810. The maximum absolute atomic E-state index is 12.3. The second-order valence-corrected chi connectivity index (χ2v) is 8.19. The number of alkyl carbamates (subject to hydrolysis) is 1. The Bertz CT molecular complexity index is 487. The molecule has 0 atom stereocenters. The smallest absolute Gasteiger partial charge is 0.408 e. The van der Waals surface area contributed by atoms with E-state index in [0.29, 0.717) is 6.54 Å². The van der Waals surface area contributed by atoms with Gasteiger partial charge in [-0.1, -0.05) is 13.8 Å². The molecule has 0 spiro atoms. The molecule has 1 fully saturated rings. The summed E-state index contributed by atoms with van der Waals surface area (Å²) >= 11 is 0. The van der Waals surface area contributed by atoms with E-state index in [1.807, 2.05) is 27.7 Å². The SMILES string of the molecule is CCNC(=NCC(CC)(CC)NC(=O)OC(C)(C)C)NCCN1CCOCC1.I. The molecular formula is C20H42IN5O3. The zero-order valence-corrected chi connectivity index (χ0v) is 21.4. The molecule has 9 heteroatoms. The number of nitrogens with zero attached hydrogens (tertiary/aromatic N) is 2. The van der Waals surface area contributed by atoms with Crippen molar-refractivity contribution in [3.63, 3.8) is 0 Å². The summed E-state index contributed by atoms with van der Waals surface area (Å²) in [6.45, 7) is 18.4. The number of ether oxygens (including phenoxy) is 2. The molecule has 0 saturated carbocycles. The highest BCUT2D eigenvalue weighted by molar-refractivity contribution is 14.0. The summed E-state index contributed by atoms with van der Waals surface area (Å²) in [6.07, 6.45) is 1.16. The molecule has 0 aromatic carbocycles. The largest absolute Gasteiger partial charge is 0.444 e. The van der Waals surface area contributed by atoms with Gasteiger partial charge >= 0.3 is 6.09 Å². The van der Waals surface area contributed by atoms with Crippen molar-refractivity contribution in [3.05, 3.63) is 0 Å². The van der Waals surface area contributed by atoms with Crippen molar-refractivity contribution in [2.75, 3.05) is 52.5 Å². The van der Waals surface area contributed by atoms with E-state index < -0.39 is 17.2 Å². The molecular weight excluding hydrogens is 485 g/mol. The molecule has 1 aliphatic heterocycles. The number of carbonyl (C=O) groups excluding carboxylic acids is 1. The van der Waals surface area contributed by atoms with Crippen molar-refractivity contribution in [2.24, 2.45) is 4.99 Å². The summed E-state index contributed by atoms with van der Waals surface area (Å²) in [5.74, 6) is 0.771. The van der Waals surface area contributed by atoms with Gasteiger partial charge in [0, 0.05) is 32.7 Å². The quantitative estimate of drug-likeness (QED) is 0.243. The molecule has 0 bridgehead atoms. The summed E-state index contributed by atoms with van der Waals surface area (Å²) < 4.78 is 10.8. The van der Waals surface area contributed by atoms with Crippen LogP contribution in [0.25, 0.3) is 0 Å². The molecule has 0 aromatic heterocycles. The van der Waals surface area contributed by atoms with Gasteiger partial charge in [0.1, 0.15) is 5.60 Å². The number of halogens is 1. The van der Waals surface area contributed by atoms with Gasteiger partial charge in [-0.05, 0) is 40.5 Å². The number of carbonyl (C=O) groups is 1. The Morgan fingerprint density at radius 2 is 1.72 bits per heavy atom. The Labute approximate surface area is 194 Å². The molecule has 0 radical (unpaired) electrons. The molecule has 0 aromatic rings. The zero-order valence-electron chi connectivity index (χ0n) is 19.1. The fourth-order valence-electron chi connectivity index (χ4n) is 2.94. The second-order valence-electron chi connectivity index (χ2n) is 8.19. The van der Waals surface area contributed by atoms with E-state index in [-0.39, 0.29) is 24.0 Å². The van der Waals surface area contributed by atoms with Crippen LogP contribution in [-0.4, -0.2) is 80.6 Å². The summed E-state index contributed by atoms with van der Waals surface area (Å²) in [6, 6.07) is 0. The van der Waals surface area contributed by atoms with Crippen LogP contribution in [-0.2, 0) is 9.47 Å². The van der Waals surface area contributed by atoms with Gasteiger partial charge in [0.15, 0.2) is 5.96 Å². The van der Waals surface area contributed by atoms with Gasteiger partial charge < -0.3 is 25.4 Å². The highest BCUT2D eigenvalue weighted by Crippen LogP contribution is 2.17. The van der Waals surface area contributed by atoms with Crippen LogP contribution in [0, 0.1) is 0 Å². The highest BCUT2D eigenvalue weighted by atomic mass is 127. The lowest BCUT2D eigenvalue weighted by Crippen LogP contribution is -2.52. The van der Waals surface area contributed by atoms with Gasteiger partial charge in [0.25, 0.3) is 0 Å². The Kier molecular flexibility index (Phi) is 13.8. The summed E-state index contributed by atoms with van der Waals surface area (Å²) in [5, 5.41) is 9.72. The molecule has 0 unspecified atom stereocenters. The Morgan fingerprint density at radius 1 is 1.10 bits per heavy atom. The first-order chi connectivity index (χ1) is 13.2. The fourth-order valence-corrected chi connectivity index (χ4v) is 2.94. The van der Waals surface area contributed by atoms with Gasteiger partial charge in [-0.2, -0.15) is 0 Å². The minimum atomic E-state index is -0.517. The van der Waals surface area contributed by atoms with Crippen molar-refractivity contribution in [3.8, 4) is 0 Å². The monoisotopic (exact) mass is 527 g/mol. The average Bonchev–Trinajstić information content (AvgIpc) is 2.64. The van der Waals surface area contributed by atoms with Crippen molar-refractivity contribution in [2.45, 2.75) is 65.5 Å². The summed E-state index contributed by atoms with van der Waals surface area (Å²) in [4.78, 5) is 19.4. The van der Waals surface area contributed by atoms with E-state index in [1.54, 1.807) is 0 Å². The average molecular weight is 527 g/mol. The third-order valence-corrected chi connectivity index (χ3v) is 4.83. The fraction of sp³-hybridized carbons (Fsp3) is 0.900. The number of aliphatic imine (C=N–C) groups is 1. The van der Waals surface area contributed by atoms with E-state index in [9.17, 15) is 4.79 Å². The topological polar surface area (TPSA) is 87.2 Å². The van der Waals surface area contributed by atoms with Crippen LogP contribution >= 0.6 is 24.0 Å². The predicted octanol–water partition coefficient (Wildman–Crippen LogP) is 2.58. The maximum atomic E-state index is 12.3. The van der Waals surface area contributed by atoms with Crippen LogP contribution in [0.2, 0.25) is 0 Å². The van der Waals surface area contributed by atoms with Crippen LogP contribution in [0.15, 0.2) is 4.99 Å². The van der Waals surface area contributed by atoms with Crippen LogP contribution in [0.5, 0.6) is 0 Å². The molecule has 29 heavy (non-hydrogen) atoms. The van der Waals surface area contributed by atoms with E-state index in [1.165, 1.54) is 0 Å². The first-order valence-electron chi connectivity index (χ1n) is 10.6. The number of nitrogens with one attached hydrogen (secondary N) is 3. The maximum Gasteiger partial charge on any atom is 0.408 e.